The van der Waals surface area contributed by atoms with Crippen LogP contribution >= 0.6 is 0 Å². The zero-order valence-electron chi connectivity index (χ0n) is 10.2. The smallest absolute Gasteiger partial charge is 0.407 e. The van der Waals surface area contributed by atoms with Crippen LogP contribution in [0.2, 0.25) is 0 Å². The van der Waals surface area contributed by atoms with Crippen molar-refractivity contribution in [2.45, 2.75) is 13.8 Å². The molecule has 0 radical (unpaired) electrons. The highest BCUT2D eigenvalue weighted by Gasteiger charge is 2.10. The summed E-state index contributed by atoms with van der Waals surface area (Å²) in [6.07, 6.45) is -0.318. The summed E-state index contributed by atoms with van der Waals surface area (Å²) < 4.78 is 10.2. The van der Waals surface area contributed by atoms with E-state index >= 15 is 0 Å². The Morgan fingerprint density at radius 2 is 2.12 bits per heavy atom. The SMILES string of the molecule is CC(C)COC(=O)NCCN1CCOCC1. The number of hydrogen-bond donors (Lipinski definition) is 1. The van der Waals surface area contributed by atoms with Crippen LogP contribution in [0.5, 0.6) is 0 Å². The average Bonchev–Trinajstić information content (AvgIpc) is 2.28. The van der Waals surface area contributed by atoms with E-state index in [0.717, 1.165) is 32.8 Å². The Hall–Kier alpha value is -0.810. The molecule has 16 heavy (non-hydrogen) atoms. The number of carbonyl (C=O) groups excluding carboxylic acids is 1. The first-order valence-electron chi connectivity index (χ1n) is 5.89. The molecule has 0 aromatic heterocycles. The molecule has 1 heterocycles. The topological polar surface area (TPSA) is 50.8 Å². The van der Waals surface area contributed by atoms with Gasteiger partial charge in [0.05, 0.1) is 19.8 Å². The van der Waals surface area contributed by atoms with E-state index in [4.69, 9.17) is 9.47 Å². The summed E-state index contributed by atoms with van der Waals surface area (Å²) >= 11 is 0. The first kappa shape index (κ1) is 13.3. The van der Waals surface area contributed by atoms with Gasteiger partial charge in [0.2, 0.25) is 0 Å². The predicted octanol–water partition coefficient (Wildman–Crippen LogP) is 0.701. The monoisotopic (exact) mass is 230 g/mol. The van der Waals surface area contributed by atoms with Gasteiger partial charge in [-0.15, -0.1) is 0 Å². The van der Waals surface area contributed by atoms with Crippen LogP contribution in [-0.4, -0.2) is 57.0 Å². The van der Waals surface area contributed by atoms with E-state index in [1.807, 2.05) is 13.8 Å². The molecule has 0 aliphatic carbocycles. The third-order valence-electron chi connectivity index (χ3n) is 2.35. The van der Waals surface area contributed by atoms with Crippen LogP contribution in [0.4, 0.5) is 4.79 Å². The van der Waals surface area contributed by atoms with Gasteiger partial charge in [-0.25, -0.2) is 4.79 Å². The number of amides is 1. The number of nitrogens with one attached hydrogen (secondary N) is 1. The predicted molar refractivity (Wildman–Crippen MR) is 61.4 cm³/mol. The van der Waals surface area contributed by atoms with Crippen LogP contribution in [0, 0.1) is 5.92 Å². The molecule has 5 nitrogen and oxygen atoms in total. The molecule has 0 aromatic rings. The van der Waals surface area contributed by atoms with Gasteiger partial charge in [-0.05, 0) is 5.92 Å². The lowest BCUT2D eigenvalue weighted by Gasteiger charge is -2.26. The molecule has 1 amide bonds. The third kappa shape index (κ3) is 5.92. The molecule has 1 rings (SSSR count). The van der Waals surface area contributed by atoms with Gasteiger partial charge in [-0.3, -0.25) is 4.90 Å². The van der Waals surface area contributed by atoms with E-state index < -0.39 is 0 Å². The number of alkyl carbamates (subject to hydrolysis) is 1. The van der Waals surface area contributed by atoms with E-state index in [9.17, 15) is 4.79 Å². The molecular formula is C11H22N2O3. The Bertz CT molecular complexity index is 203. The molecule has 0 saturated carbocycles. The summed E-state index contributed by atoms with van der Waals surface area (Å²) in [6.45, 7) is 9.48. The molecule has 0 unspecified atom stereocenters. The minimum absolute atomic E-state index is 0.318. The standard InChI is InChI=1S/C11H22N2O3/c1-10(2)9-16-11(14)12-3-4-13-5-7-15-8-6-13/h10H,3-9H2,1-2H3,(H,12,14). The maximum Gasteiger partial charge on any atom is 0.407 e. The first-order chi connectivity index (χ1) is 7.68. The van der Waals surface area contributed by atoms with Crippen LogP contribution in [0.3, 0.4) is 0 Å². The Morgan fingerprint density at radius 1 is 1.44 bits per heavy atom. The van der Waals surface area contributed by atoms with Crippen LogP contribution < -0.4 is 5.32 Å². The Kier molecular flexibility index (Phi) is 6.18. The van der Waals surface area contributed by atoms with E-state index in [2.05, 4.69) is 10.2 Å². The molecule has 94 valence electrons. The molecule has 0 atom stereocenters. The second kappa shape index (κ2) is 7.46. The normalized spacial score (nSPS) is 17.4. The van der Waals surface area contributed by atoms with Gasteiger partial charge in [0.25, 0.3) is 0 Å². The number of hydrogen-bond acceptors (Lipinski definition) is 4. The molecule has 1 saturated heterocycles. The van der Waals surface area contributed by atoms with Crippen LogP contribution in [0.15, 0.2) is 0 Å². The van der Waals surface area contributed by atoms with Crippen molar-refractivity contribution >= 4 is 6.09 Å². The maximum absolute atomic E-state index is 11.2. The van der Waals surface area contributed by atoms with E-state index in [1.165, 1.54) is 0 Å². The summed E-state index contributed by atoms with van der Waals surface area (Å²) in [7, 11) is 0. The van der Waals surface area contributed by atoms with E-state index in [0.29, 0.717) is 19.1 Å². The highest BCUT2D eigenvalue weighted by atomic mass is 16.5. The fourth-order valence-corrected chi connectivity index (χ4v) is 1.43. The van der Waals surface area contributed by atoms with E-state index in [1.54, 1.807) is 0 Å². The number of nitrogens with zero attached hydrogens (tertiary/aromatic N) is 1. The van der Waals surface area contributed by atoms with Gasteiger partial charge < -0.3 is 14.8 Å². The van der Waals surface area contributed by atoms with Gasteiger partial charge in [0.15, 0.2) is 0 Å². The van der Waals surface area contributed by atoms with Crippen LogP contribution in [0.1, 0.15) is 13.8 Å². The fourth-order valence-electron chi connectivity index (χ4n) is 1.43. The van der Waals surface area contributed by atoms with Gasteiger partial charge in [-0.1, -0.05) is 13.8 Å². The number of carbonyl (C=O) groups is 1. The van der Waals surface area contributed by atoms with Crippen LogP contribution in [0.25, 0.3) is 0 Å². The van der Waals surface area contributed by atoms with Crippen molar-refractivity contribution in [1.82, 2.24) is 10.2 Å². The highest BCUT2D eigenvalue weighted by Crippen LogP contribution is 1.95. The second-order valence-corrected chi connectivity index (χ2v) is 4.37. The van der Waals surface area contributed by atoms with Crippen molar-refractivity contribution in [1.29, 1.82) is 0 Å². The molecule has 0 aromatic carbocycles. The zero-order valence-corrected chi connectivity index (χ0v) is 10.2. The Morgan fingerprint density at radius 3 is 2.75 bits per heavy atom. The van der Waals surface area contributed by atoms with Gasteiger partial charge >= 0.3 is 6.09 Å². The lowest BCUT2D eigenvalue weighted by Crippen LogP contribution is -2.41. The zero-order chi connectivity index (χ0) is 11.8. The third-order valence-corrected chi connectivity index (χ3v) is 2.35. The Balaban J connectivity index is 1.99. The van der Waals surface area contributed by atoms with Gasteiger partial charge in [-0.2, -0.15) is 0 Å². The maximum atomic E-state index is 11.2. The molecule has 0 spiro atoms. The number of rotatable bonds is 5. The van der Waals surface area contributed by atoms with Crippen molar-refractivity contribution in [3.63, 3.8) is 0 Å². The first-order valence-corrected chi connectivity index (χ1v) is 5.89. The lowest BCUT2D eigenvalue weighted by atomic mass is 10.2. The minimum Gasteiger partial charge on any atom is -0.449 e. The highest BCUT2D eigenvalue weighted by molar-refractivity contribution is 5.67. The average molecular weight is 230 g/mol. The lowest BCUT2D eigenvalue weighted by molar-refractivity contribution is 0.0382. The second-order valence-electron chi connectivity index (χ2n) is 4.37. The van der Waals surface area contributed by atoms with Gasteiger partial charge in [0, 0.05) is 26.2 Å². The Labute approximate surface area is 97.1 Å². The molecule has 0 bridgehead atoms. The van der Waals surface area contributed by atoms with Crippen molar-refractivity contribution in [3.8, 4) is 0 Å². The quantitative estimate of drug-likeness (QED) is 0.755. The summed E-state index contributed by atoms with van der Waals surface area (Å²) in [5, 5.41) is 2.74. The summed E-state index contributed by atoms with van der Waals surface area (Å²) in [5.74, 6) is 0.380. The number of ether oxygens (including phenoxy) is 2. The van der Waals surface area contributed by atoms with Crippen molar-refractivity contribution < 1.29 is 14.3 Å². The van der Waals surface area contributed by atoms with Crippen LogP contribution in [-0.2, 0) is 9.47 Å². The molecule has 1 aliphatic heterocycles. The fraction of sp³-hybridized carbons (Fsp3) is 0.909. The largest absolute Gasteiger partial charge is 0.449 e. The van der Waals surface area contributed by atoms with E-state index in [-0.39, 0.29) is 6.09 Å². The molecule has 1 N–H and O–H groups in total. The minimum atomic E-state index is -0.318. The summed E-state index contributed by atoms with van der Waals surface area (Å²) in [4.78, 5) is 13.5. The molecule has 1 fully saturated rings. The molecular weight excluding hydrogens is 208 g/mol. The van der Waals surface area contributed by atoms with Crippen molar-refractivity contribution in [2.75, 3.05) is 46.0 Å². The van der Waals surface area contributed by atoms with Gasteiger partial charge in [0.1, 0.15) is 0 Å². The summed E-state index contributed by atoms with van der Waals surface area (Å²) in [5.41, 5.74) is 0. The van der Waals surface area contributed by atoms with Crippen molar-refractivity contribution in [2.24, 2.45) is 5.92 Å². The number of morpholine rings is 1. The molecule has 5 heteroatoms. The molecule has 1 aliphatic rings. The summed E-state index contributed by atoms with van der Waals surface area (Å²) in [6, 6.07) is 0. The van der Waals surface area contributed by atoms with Crippen molar-refractivity contribution in [3.05, 3.63) is 0 Å².